The van der Waals surface area contributed by atoms with Crippen molar-refractivity contribution in [1.29, 1.82) is 0 Å². The molecule has 0 amide bonds. The topological polar surface area (TPSA) is 22.1 Å². The van der Waals surface area contributed by atoms with Gasteiger partial charge in [-0.05, 0) is 29.7 Å². The third-order valence-electron chi connectivity index (χ3n) is 2.55. The Balaban J connectivity index is 2.00. The molecule has 0 aliphatic carbocycles. The van der Waals surface area contributed by atoms with E-state index in [4.69, 9.17) is 4.74 Å². The Bertz CT molecular complexity index is 482. The zero-order valence-electron chi connectivity index (χ0n) is 9.69. The Morgan fingerprint density at radius 2 is 1.82 bits per heavy atom. The maximum Gasteiger partial charge on any atom is 0.255 e. The standard InChI is InChI=1S/C14H14FNO/c1-2-11-5-7-12(8-6-11)10-17-13-4-3-9-16-14(13)15/h3-9H,2,10H2,1H3. The van der Waals surface area contributed by atoms with Crippen LogP contribution >= 0.6 is 0 Å². The van der Waals surface area contributed by atoms with Crippen LogP contribution in [0.5, 0.6) is 5.75 Å². The fraction of sp³-hybridized carbons (Fsp3) is 0.214. The first kappa shape index (κ1) is 11.6. The highest BCUT2D eigenvalue weighted by molar-refractivity contribution is 5.23. The molecule has 1 aromatic heterocycles. The zero-order chi connectivity index (χ0) is 12.1. The van der Waals surface area contributed by atoms with E-state index in [2.05, 4.69) is 24.0 Å². The third-order valence-corrected chi connectivity index (χ3v) is 2.55. The average Bonchev–Trinajstić information content (AvgIpc) is 2.38. The second-order valence-electron chi connectivity index (χ2n) is 3.75. The van der Waals surface area contributed by atoms with Gasteiger partial charge in [0, 0.05) is 6.20 Å². The van der Waals surface area contributed by atoms with Gasteiger partial charge < -0.3 is 4.74 Å². The van der Waals surface area contributed by atoms with Crippen molar-refractivity contribution in [3.8, 4) is 5.75 Å². The van der Waals surface area contributed by atoms with Crippen molar-refractivity contribution >= 4 is 0 Å². The fourth-order valence-corrected chi connectivity index (χ4v) is 1.51. The molecule has 17 heavy (non-hydrogen) atoms. The molecule has 2 rings (SSSR count). The highest BCUT2D eigenvalue weighted by Crippen LogP contribution is 2.15. The van der Waals surface area contributed by atoms with E-state index >= 15 is 0 Å². The van der Waals surface area contributed by atoms with Gasteiger partial charge in [0.2, 0.25) is 0 Å². The molecule has 2 aromatic rings. The number of ether oxygens (including phenoxy) is 1. The summed E-state index contributed by atoms with van der Waals surface area (Å²) >= 11 is 0. The maximum absolute atomic E-state index is 13.2. The summed E-state index contributed by atoms with van der Waals surface area (Å²) < 4.78 is 18.5. The van der Waals surface area contributed by atoms with Crippen LogP contribution in [0.2, 0.25) is 0 Å². The Morgan fingerprint density at radius 3 is 2.47 bits per heavy atom. The van der Waals surface area contributed by atoms with Crippen LogP contribution in [0.25, 0.3) is 0 Å². The van der Waals surface area contributed by atoms with Crippen LogP contribution in [-0.2, 0) is 13.0 Å². The molecule has 2 nitrogen and oxygen atoms in total. The van der Waals surface area contributed by atoms with Crippen molar-refractivity contribution in [3.63, 3.8) is 0 Å². The van der Waals surface area contributed by atoms with E-state index < -0.39 is 5.95 Å². The SMILES string of the molecule is CCc1ccc(COc2cccnc2F)cc1. The van der Waals surface area contributed by atoms with Gasteiger partial charge in [-0.1, -0.05) is 31.2 Å². The van der Waals surface area contributed by atoms with E-state index in [0.717, 1.165) is 12.0 Å². The molecular formula is C14H14FNO. The van der Waals surface area contributed by atoms with Gasteiger partial charge in [-0.25, -0.2) is 4.98 Å². The lowest BCUT2D eigenvalue weighted by atomic mass is 10.1. The van der Waals surface area contributed by atoms with Gasteiger partial charge in [0.15, 0.2) is 5.75 Å². The van der Waals surface area contributed by atoms with Crippen LogP contribution in [0.1, 0.15) is 18.1 Å². The predicted octanol–water partition coefficient (Wildman–Crippen LogP) is 3.36. The summed E-state index contributed by atoms with van der Waals surface area (Å²) in [4.78, 5) is 3.53. The molecule has 1 aromatic carbocycles. The first-order chi connectivity index (χ1) is 8.29. The van der Waals surface area contributed by atoms with E-state index in [1.54, 1.807) is 12.1 Å². The van der Waals surface area contributed by atoms with Crippen LogP contribution in [0.3, 0.4) is 0 Å². The lowest BCUT2D eigenvalue weighted by Crippen LogP contribution is -1.98. The van der Waals surface area contributed by atoms with Crippen LogP contribution < -0.4 is 4.74 Å². The normalized spacial score (nSPS) is 10.2. The summed E-state index contributed by atoms with van der Waals surface area (Å²) in [7, 11) is 0. The van der Waals surface area contributed by atoms with Crippen molar-refractivity contribution in [2.75, 3.05) is 0 Å². The molecule has 0 atom stereocenters. The van der Waals surface area contributed by atoms with Gasteiger partial charge in [0.1, 0.15) is 6.61 Å². The summed E-state index contributed by atoms with van der Waals surface area (Å²) in [5.74, 6) is -0.384. The van der Waals surface area contributed by atoms with Gasteiger partial charge in [-0.2, -0.15) is 4.39 Å². The Kier molecular flexibility index (Phi) is 3.70. The molecule has 0 radical (unpaired) electrons. The first-order valence-corrected chi connectivity index (χ1v) is 5.60. The molecule has 0 saturated heterocycles. The van der Waals surface area contributed by atoms with Crippen molar-refractivity contribution in [1.82, 2.24) is 4.98 Å². The number of aromatic nitrogens is 1. The quantitative estimate of drug-likeness (QED) is 0.753. The molecule has 88 valence electrons. The summed E-state index contributed by atoms with van der Waals surface area (Å²) in [6.45, 7) is 2.46. The monoisotopic (exact) mass is 231 g/mol. The summed E-state index contributed by atoms with van der Waals surface area (Å²) in [5, 5.41) is 0. The van der Waals surface area contributed by atoms with Crippen LogP contribution in [-0.4, -0.2) is 4.98 Å². The van der Waals surface area contributed by atoms with E-state index in [-0.39, 0.29) is 5.75 Å². The number of hydrogen-bond acceptors (Lipinski definition) is 2. The minimum atomic E-state index is -0.572. The molecule has 0 saturated carbocycles. The highest BCUT2D eigenvalue weighted by Gasteiger charge is 2.03. The lowest BCUT2D eigenvalue weighted by molar-refractivity contribution is 0.286. The molecular weight excluding hydrogens is 217 g/mol. The molecule has 0 bridgehead atoms. The Morgan fingerprint density at radius 1 is 1.12 bits per heavy atom. The van der Waals surface area contributed by atoms with Crippen molar-refractivity contribution in [2.45, 2.75) is 20.0 Å². The zero-order valence-corrected chi connectivity index (χ0v) is 9.69. The van der Waals surface area contributed by atoms with Crippen LogP contribution in [0.4, 0.5) is 4.39 Å². The van der Waals surface area contributed by atoms with Crippen molar-refractivity contribution < 1.29 is 9.13 Å². The van der Waals surface area contributed by atoms with Gasteiger partial charge in [0.25, 0.3) is 5.95 Å². The molecule has 0 aliphatic heterocycles. The molecule has 0 N–H and O–H groups in total. The third kappa shape index (κ3) is 3.03. The average molecular weight is 231 g/mol. The van der Waals surface area contributed by atoms with Gasteiger partial charge in [-0.3, -0.25) is 0 Å². The lowest BCUT2D eigenvalue weighted by Gasteiger charge is -2.06. The van der Waals surface area contributed by atoms with E-state index in [0.29, 0.717) is 6.61 Å². The molecule has 0 fully saturated rings. The molecule has 3 heteroatoms. The number of aryl methyl sites for hydroxylation is 1. The molecule has 1 heterocycles. The fourth-order valence-electron chi connectivity index (χ4n) is 1.51. The van der Waals surface area contributed by atoms with E-state index in [9.17, 15) is 4.39 Å². The summed E-state index contributed by atoms with van der Waals surface area (Å²) in [6, 6.07) is 11.3. The number of benzene rings is 1. The number of pyridine rings is 1. The van der Waals surface area contributed by atoms with Crippen LogP contribution in [0.15, 0.2) is 42.6 Å². The largest absolute Gasteiger partial charge is 0.484 e. The van der Waals surface area contributed by atoms with Gasteiger partial charge in [-0.15, -0.1) is 0 Å². The number of rotatable bonds is 4. The number of nitrogens with zero attached hydrogens (tertiary/aromatic N) is 1. The summed E-state index contributed by atoms with van der Waals surface area (Å²) in [6.07, 6.45) is 2.41. The van der Waals surface area contributed by atoms with Crippen molar-refractivity contribution in [3.05, 3.63) is 59.7 Å². The number of halogens is 1. The van der Waals surface area contributed by atoms with E-state index in [1.807, 2.05) is 12.1 Å². The maximum atomic E-state index is 13.2. The first-order valence-electron chi connectivity index (χ1n) is 5.60. The molecule has 0 spiro atoms. The van der Waals surface area contributed by atoms with Crippen LogP contribution in [0, 0.1) is 5.95 Å². The van der Waals surface area contributed by atoms with Crippen molar-refractivity contribution in [2.24, 2.45) is 0 Å². The minimum absolute atomic E-state index is 0.187. The summed E-state index contributed by atoms with van der Waals surface area (Å²) in [5.41, 5.74) is 2.30. The Hall–Kier alpha value is -1.90. The molecule has 0 unspecified atom stereocenters. The second-order valence-corrected chi connectivity index (χ2v) is 3.75. The van der Waals surface area contributed by atoms with Gasteiger partial charge >= 0.3 is 0 Å². The highest BCUT2D eigenvalue weighted by atomic mass is 19.1. The minimum Gasteiger partial charge on any atom is -0.484 e. The number of hydrogen-bond donors (Lipinski definition) is 0. The second kappa shape index (κ2) is 5.43. The predicted molar refractivity (Wildman–Crippen MR) is 64.3 cm³/mol. The molecule has 0 aliphatic rings. The van der Waals surface area contributed by atoms with Gasteiger partial charge in [0.05, 0.1) is 0 Å². The van der Waals surface area contributed by atoms with E-state index in [1.165, 1.54) is 11.8 Å². The Labute approximate surface area is 100 Å². The smallest absolute Gasteiger partial charge is 0.255 e.